The summed E-state index contributed by atoms with van der Waals surface area (Å²) < 4.78 is 19.6. The van der Waals surface area contributed by atoms with Crippen LogP contribution in [-0.2, 0) is 11.1 Å². The van der Waals surface area contributed by atoms with Crippen LogP contribution in [0.4, 0.5) is 0 Å². The summed E-state index contributed by atoms with van der Waals surface area (Å²) in [6.45, 7) is 3.54. The molecule has 0 aliphatic rings. The zero-order valence-electron chi connectivity index (χ0n) is 7.62. The third kappa shape index (κ3) is 2.93. The zero-order chi connectivity index (χ0) is 7.72. The molecule has 1 N–H and O–H groups in total. The van der Waals surface area contributed by atoms with E-state index in [1.807, 2.05) is 6.92 Å². The maximum Gasteiger partial charge on any atom is 1.00 e. The molecule has 1 atom stereocenters. The monoisotopic (exact) mass is 201 g/mol. The Morgan fingerprint density at radius 3 is 2.36 bits per heavy atom. The normalized spacial score (nSPS) is 12.3. The summed E-state index contributed by atoms with van der Waals surface area (Å²) in [6, 6.07) is 0. The smallest absolute Gasteiger partial charge is 1.00 e. The molecule has 1 aromatic rings. The van der Waals surface area contributed by atoms with Gasteiger partial charge in [0.25, 0.3) is 0 Å². The molecular weight excluding hydrogens is 193 g/mol. The molecule has 0 amide bonds. The van der Waals surface area contributed by atoms with Gasteiger partial charge in [-0.05, 0) is 13.8 Å². The summed E-state index contributed by atoms with van der Waals surface area (Å²) in [7, 11) is 0. The number of rotatable bonds is 1. The van der Waals surface area contributed by atoms with Crippen molar-refractivity contribution in [3.63, 3.8) is 0 Å². The van der Waals surface area contributed by atoms with E-state index in [2.05, 4.69) is 4.98 Å². The van der Waals surface area contributed by atoms with Crippen LogP contribution in [0.2, 0.25) is 0 Å². The average Bonchev–Trinajstić information content (AvgIpc) is 2.10. The SMILES string of the molecule is Cc1nc(C)c(S(=O)O)s1.[H-].[Na+]. The van der Waals surface area contributed by atoms with Gasteiger partial charge in [0, 0.05) is 0 Å². The summed E-state index contributed by atoms with van der Waals surface area (Å²) in [4.78, 5) is 4.00. The molecule has 0 fully saturated rings. The van der Waals surface area contributed by atoms with Crippen LogP contribution in [0.25, 0.3) is 0 Å². The van der Waals surface area contributed by atoms with E-state index in [0.717, 1.165) is 5.01 Å². The van der Waals surface area contributed by atoms with Crippen LogP contribution in [0.5, 0.6) is 0 Å². The van der Waals surface area contributed by atoms with Gasteiger partial charge in [0.15, 0.2) is 11.1 Å². The Morgan fingerprint density at radius 2 is 2.18 bits per heavy atom. The molecule has 0 saturated carbocycles. The van der Waals surface area contributed by atoms with E-state index in [9.17, 15) is 4.21 Å². The number of thiazole rings is 1. The van der Waals surface area contributed by atoms with E-state index in [4.69, 9.17) is 4.55 Å². The molecule has 11 heavy (non-hydrogen) atoms. The minimum atomic E-state index is -1.86. The van der Waals surface area contributed by atoms with E-state index in [0.29, 0.717) is 9.90 Å². The van der Waals surface area contributed by atoms with Crippen molar-refractivity contribution in [3.05, 3.63) is 10.7 Å². The molecule has 0 bridgehead atoms. The van der Waals surface area contributed by atoms with Crippen molar-refractivity contribution in [2.24, 2.45) is 0 Å². The predicted molar refractivity (Wildman–Crippen MR) is 41.7 cm³/mol. The molecule has 1 heterocycles. The number of aromatic nitrogens is 1. The van der Waals surface area contributed by atoms with Crippen LogP contribution < -0.4 is 29.6 Å². The third-order valence-electron chi connectivity index (χ3n) is 1.02. The molecule has 0 aliphatic heterocycles. The molecule has 58 valence electrons. The Labute approximate surface area is 95.3 Å². The maximum atomic E-state index is 10.5. The first-order chi connectivity index (χ1) is 4.61. The fraction of sp³-hybridized carbons (Fsp3) is 0.400. The fourth-order valence-corrected chi connectivity index (χ4v) is 2.26. The molecule has 0 spiro atoms. The van der Waals surface area contributed by atoms with Crippen molar-refractivity contribution in [2.75, 3.05) is 0 Å². The van der Waals surface area contributed by atoms with E-state index < -0.39 is 11.1 Å². The Morgan fingerprint density at radius 1 is 1.64 bits per heavy atom. The Hall–Kier alpha value is 0.740. The number of hydrogen-bond donors (Lipinski definition) is 1. The Balaban J connectivity index is 0. The van der Waals surface area contributed by atoms with Gasteiger partial charge in [-0.2, -0.15) is 0 Å². The van der Waals surface area contributed by atoms with Crippen molar-refractivity contribution in [3.8, 4) is 0 Å². The van der Waals surface area contributed by atoms with Gasteiger partial charge in [-0.25, -0.2) is 9.19 Å². The summed E-state index contributed by atoms with van der Waals surface area (Å²) in [6.07, 6.45) is 0. The number of nitrogens with zero attached hydrogens (tertiary/aromatic N) is 1. The van der Waals surface area contributed by atoms with Crippen LogP contribution >= 0.6 is 11.3 Å². The largest absolute Gasteiger partial charge is 1.00 e. The molecule has 3 nitrogen and oxygen atoms in total. The van der Waals surface area contributed by atoms with E-state index in [-0.39, 0.29) is 31.0 Å². The van der Waals surface area contributed by atoms with Crippen molar-refractivity contribution in [1.82, 2.24) is 4.98 Å². The number of hydrogen-bond acceptors (Lipinski definition) is 3. The second-order valence-corrected chi connectivity index (χ2v) is 4.22. The first-order valence-corrected chi connectivity index (χ1v) is 4.58. The van der Waals surface area contributed by atoms with Crippen molar-refractivity contribution in [2.45, 2.75) is 18.1 Å². The van der Waals surface area contributed by atoms with E-state index in [1.165, 1.54) is 11.3 Å². The van der Waals surface area contributed by atoms with Gasteiger partial charge in [-0.3, -0.25) is 0 Å². The topological polar surface area (TPSA) is 50.2 Å². The van der Waals surface area contributed by atoms with Gasteiger partial charge in [-0.15, -0.1) is 11.3 Å². The first-order valence-electron chi connectivity index (χ1n) is 2.66. The minimum Gasteiger partial charge on any atom is -1.00 e. The van der Waals surface area contributed by atoms with Crippen LogP contribution in [-0.4, -0.2) is 13.7 Å². The van der Waals surface area contributed by atoms with Crippen molar-refractivity contribution >= 4 is 22.4 Å². The van der Waals surface area contributed by atoms with E-state index >= 15 is 0 Å². The van der Waals surface area contributed by atoms with Crippen LogP contribution in [0.3, 0.4) is 0 Å². The van der Waals surface area contributed by atoms with Crippen LogP contribution in [0.15, 0.2) is 4.21 Å². The maximum absolute atomic E-state index is 10.5. The Bertz CT molecular complexity index is 278. The van der Waals surface area contributed by atoms with Crippen LogP contribution in [0.1, 0.15) is 12.1 Å². The van der Waals surface area contributed by atoms with E-state index in [1.54, 1.807) is 6.92 Å². The minimum absolute atomic E-state index is 0. The first kappa shape index (κ1) is 11.7. The molecule has 0 aromatic carbocycles. The third-order valence-corrected chi connectivity index (χ3v) is 3.18. The second-order valence-electron chi connectivity index (χ2n) is 1.85. The summed E-state index contributed by atoms with van der Waals surface area (Å²) in [5.41, 5.74) is 0.656. The molecule has 1 aromatic heterocycles. The number of aryl methyl sites for hydroxylation is 2. The molecule has 1 unspecified atom stereocenters. The van der Waals surface area contributed by atoms with Gasteiger partial charge in [0.05, 0.1) is 10.7 Å². The summed E-state index contributed by atoms with van der Waals surface area (Å²) in [5.74, 6) is 0. The predicted octanol–water partition coefficient (Wildman–Crippen LogP) is -1.54. The Kier molecular flexibility index (Phi) is 5.00. The average molecular weight is 201 g/mol. The van der Waals surface area contributed by atoms with Gasteiger partial charge in [0.1, 0.15) is 4.21 Å². The van der Waals surface area contributed by atoms with Crippen molar-refractivity contribution < 1.29 is 39.7 Å². The fourth-order valence-electron chi connectivity index (χ4n) is 0.675. The molecule has 6 heteroatoms. The summed E-state index contributed by atoms with van der Waals surface area (Å²) >= 11 is -0.602. The molecular formula is C5H8NNaO2S2. The quantitative estimate of drug-likeness (QED) is 0.442. The van der Waals surface area contributed by atoms with Gasteiger partial charge in [-0.1, -0.05) is 0 Å². The second kappa shape index (κ2) is 4.69. The molecule has 0 radical (unpaired) electrons. The van der Waals surface area contributed by atoms with Crippen LogP contribution in [0, 0.1) is 13.8 Å². The van der Waals surface area contributed by atoms with Gasteiger partial charge in [0.2, 0.25) is 0 Å². The summed E-state index contributed by atoms with van der Waals surface area (Å²) in [5, 5.41) is 0.829. The molecule has 1 rings (SSSR count). The zero-order valence-corrected chi connectivity index (χ0v) is 10.3. The van der Waals surface area contributed by atoms with Crippen molar-refractivity contribution in [1.29, 1.82) is 0 Å². The standard InChI is InChI=1S/C5H7NO2S2.Na.H/c1-3-5(10(7)8)9-4(2)6-3;;/h1-2H3,(H,7,8);;/q;+1;-1. The molecule has 0 aliphatic carbocycles. The van der Waals surface area contributed by atoms with Gasteiger partial charge >= 0.3 is 29.6 Å². The molecule has 0 saturated heterocycles. The van der Waals surface area contributed by atoms with Gasteiger partial charge < -0.3 is 5.98 Å².